The number of carboxylic acid groups (broad SMARTS) is 1. The number of thioether (sulfide) groups is 1. The summed E-state index contributed by atoms with van der Waals surface area (Å²) in [6.07, 6.45) is 0. The van der Waals surface area contributed by atoms with Crippen LogP contribution in [0.15, 0.2) is 33.0 Å². The van der Waals surface area contributed by atoms with Crippen LogP contribution in [0.5, 0.6) is 0 Å². The number of hydrogen-bond donors (Lipinski definition) is 2. The fraction of sp³-hybridized carbons (Fsp3) is 0.273. The van der Waals surface area contributed by atoms with E-state index in [1.165, 1.54) is 23.9 Å². The van der Waals surface area contributed by atoms with Gasteiger partial charge in [-0.15, -0.1) is 0 Å². The van der Waals surface area contributed by atoms with Crippen LogP contribution in [-0.2, 0) is 10.0 Å². The van der Waals surface area contributed by atoms with Crippen molar-refractivity contribution >= 4 is 32.9 Å². The standard InChI is InChI=1S/C11H12N2O4S2/c1-6(2)12-11-13-19(16,17)9-5-7(10(14)15)3-4-8(9)18-11/h3-6H,1-2H3,(H,12,13)(H,14,15). The SMILES string of the molecule is CC(C)N=C1NS(=O)(=O)c2cc(C(=O)O)ccc2S1. The van der Waals surface area contributed by atoms with E-state index in [-0.39, 0.29) is 16.5 Å². The third-order valence-electron chi connectivity index (χ3n) is 2.28. The molecule has 102 valence electrons. The van der Waals surface area contributed by atoms with Gasteiger partial charge in [0, 0.05) is 10.9 Å². The number of nitrogens with zero attached hydrogens (tertiary/aromatic N) is 1. The molecule has 6 nitrogen and oxygen atoms in total. The van der Waals surface area contributed by atoms with E-state index in [4.69, 9.17) is 5.11 Å². The lowest BCUT2D eigenvalue weighted by Gasteiger charge is -2.19. The molecule has 0 atom stereocenters. The number of fused-ring (bicyclic) bond motifs is 1. The average Bonchev–Trinajstić information content (AvgIpc) is 2.26. The summed E-state index contributed by atoms with van der Waals surface area (Å²) in [6.45, 7) is 3.68. The maximum Gasteiger partial charge on any atom is 0.335 e. The van der Waals surface area contributed by atoms with Crippen molar-refractivity contribution in [2.45, 2.75) is 29.7 Å². The molecule has 0 fully saturated rings. The second kappa shape index (κ2) is 4.86. The Morgan fingerprint density at radius 3 is 2.68 bits per heavy atom. The van der Waals surface area contributed by atoms with Gasteiger partial charge < -0.3 is 5.11 Å². The molecule has 1 heterocycles. The van der Waals surface area contributed by atoms with Crippen molar-refractivity contribution in [3.8, 4) is 0 Å². The highest BCUT2D eigenvalue weighted by Gasteiger charge is 2.28. The number of hydrogen-bond acceptors (Lipinski definition) is 5. The molecule has 0 spiro atoms. The summed E-state index contributed by atoms with van der Waals surface area (Å²) in [5, 5.41) is 9.18. The van der Waals surface area contributed by atoms with Crippen LogP contribution in [0.3, 0.4) is 0 Å². The van der Waals surface area contributed by atoms with Crippen molar-refractivity contribution in [3.05, 3.63) is 23.8 Å². The molecule has 0 saturated heterocycles. The van der Waals surface area contributed by atoms with Gasteiger partial charge in [-0.05, 0) is 32.0 Å². The van der Waals surface area contributed by atoms with Gasteiger partial charge in [0.25, 0.3) is 10.0 Å². The van der Waals surface area contributed by atoms with E-state index in [0.29, 0.717) is 10.1 Å². The Labute approximate surface area is 115 Å². The third-order valence-corrected chi connectivity index (χ3v) is 4.90. The van der Waals surface area contributed by atoms with Gasteiger partial charge >= 0.3 is 5.97 Å². The number of nitrogens with one attached hydrogen (secondary N) is 1. The minimum atomic E-state index is -3.76. The molecule has 0 unspecified atom stereocenters. The summed E-state index contributed by atoms with van der Waals surface area (Å²) in [5.74, 6) is -1.16. The van der Waals surface area contributed by atoms with E-state index < -0.39 is 16.0 Å². The van der Waals surface area contributed by atoms with Gasteiger partial charge in [-0.1, -0.05) is 11.8 Å². The Balaban J connectivity index is 2.53. The summed E-state index contributed by atoms with van der Waals surface area (Å²) < 4.78 is 26.4. The normalized spacial score (nSPS) is 19.0. The van der Waals surface area contributed by atoms with Crippen LogP contribution in [0.2, 0.25) is 0 Å². The lowest BCUT2D eigenvalue weighted by atomic mass is 10.2. The topological polar surface area (TPSA) is 95.8 Å². The highest BCUT2D eigenvalue weighted by Crippen LogP contribution is 2.32. The second-order valence-corrected chi connectivity index (χ2v) is 6.88. The maximum absolute atomic E-state index is 12.0. The number of aliphatic imine (C=N–C) groups is 1. The minimum Gasteiger partial charge on any atom is -0.478 e. The Kier molecular flexibility index (Phi) is 3.55. The van der Waals surface area contributed by atoms with Crippen LogP contribution in [0.4, 0.5) is 0 Å². The Bertz CT molecular complexity index is 665. The van der Waals surface area contributed by atoms with Crippen molar-refractivity contribution in [2.24, 2.45) is 4.99 Å². The quantitative estimate of drug-likeness (QED) is 0.863. The number of carboxylic acids is 1. The van der Waals surface area contributed by atoms with Gasteiger partial charge in [0.2, 0.25) is 0 Å². The molecule has 0 bridgehead atoms. The van der Waals surface area contributed by atoms with E-state index in [1.54, 1.807) is 0 Å². The lowest BCUT2D eigenvalue weighted by Crippen LogP contribution is -2.33. The first-order valence-corrected chi connectivity index (χ1v) is 7.75. The lowest BCUT2D eigenvalue weighted by molar-refractivity contribution is 0.0696. The number of benzene rings is 1. The molecule has 8 heteroatoms. The molecule has 0 saturated carbocycles. The van der Waals surface area contributed by atoms with Gasteiger partial charge in [0.05, 0.1) is 5.56 Å². The highest BCUT2D eigenvalue weighted by atomic mass is 32.2. The first kappa shape index (κ1) is 13.9. The van der Waals surface area contributed by atoms with E-state index >= 15 is 0 Å². The van der Waals surface area contributed by atoms with E-state index in [9.17, 15) is 13.2 Å². The molecule has 19 heavy (non-hydrogen) atoms. The van der Waals surface area contributed by atoms with Gasteiger partial charge in [-0.2, -0.15) is 0 Å². The molecule has 1 aromatic rings. The molecule has 1 aromatic carbocycles. The molecular weight excluding hydrogens is 288 g/mol. The molecule has 0 aromatic heterocycles. The van der Waals surface area contributed by atoms with Gasteiger partial charge in [-0.3, -0.25) is 9.71 Å². The number of sulfonamides is 1. The smallest absolute Gasteiger partial charge is 0.335 e. The first-order chi connectivity index (χ1) is 8.79. The molecule has 0 radical (unpaired) electrons. The molecule has 1 aliphatic rings. The van der Waals surface area contributed by atoms with Gasteiger partial charge in [0.15, 0.2) is 5.17 Å². The second-order valence-electron chi connectivity index (χ2n) is 4.20. The van der Waals surface area contributed by atoms with Crippen molar-refractivity contribution in [1.82, 2.24) is 4.72 Å². The predicted octanol–water partition coefficient (Wildman–Crippen LogP) is 1.53. The predicted molar refractivity (Wildman–Crippen MR) is 72.2 cm³/mol. The summed E-state index contributed by atoms with van der Waals surface area (Å²) in [4.78, 5) is 15.5. The fourth-order valence-electron chi connectivity index (χ4n) is 1.52. The zero-order chi connectivity index (χ0) is 14.2. The van der Waals surface area contributed by atoms with Crippen LogP contribution >= 0.6 is 11.8 Å². The van der Waals surface area contributed by atoms with Gasteiger partial charge in [-0.25, -0.2) is 13.2 Å². The van der Waals surface area contributed by atoms with Crippen LogP contribution in [0, 0.1) is 0 Å². The van der Waals surface area contributed by atoms with E-state index in [2.05, 4.69) is 9.71 Å². The van der Waals surface area contributed by atoms with Crippen molar-refractivity contribution in [1.29, 1.82) is 0 Å². The van der Waals surface area contributed by atoms with Crippen molar-refractivity contribution in [3.63, 3.8) is 0 Å². The molecular formula is C11H12N2O4S2. The largest absolute Gasteiger partial charge is 0.478 e. The highest BCUT2D eigenvalue weighted by molar-refractivity contribution is 8.16. The molecule has 0 amide bonds. The minimum absolute atomic E-state index is 0.0277. The molecule has 2 N–H and O–H groups in total. The number of aromatic carboxylic acids is 1. The van der Waals surface area contributed by atoms with Crippen molar-refractivity contribution < 1.29 is 18.3 Å². The maximum atomic E-state index is 12.0. The Morgan fingerprint density at radius 2 is 2.11 bits per heavy atom. The Hall–Kier alpha value is -1.54. The Morgan fingerprint density at radius 1 is 1.42 bits per heavy atom. The van der Waals surface area contributed by atoms with E-state index in [0.717, 1.165) is 6.07 Å². The summed E-state index contributed by atoms with van der Waals surface area (Å²) in [5.41, 5.74) is -0.0611. The third kappa shape index (κ3) is 2.90. The first-order valence-electron chi connectivity index (χ1n) is 5.45. The zero-order valence-corrected chi connectivity index (χ0v) is 11.9. The zero-order valence-electron chi connectivity index (χ0n) is 10.2. The van der Waals surface area contributed by atoms with Gasteiger partial charge in [0.1, 0.15) is 4.90 Å². The number of carbonyl (C=O) groups is 1. The van der Waals surface area contributed by atoms with Crippen LogP contribution in [0.25, 0.3) is 0 Å². The summed E-state index contributed by atoms with van der Waals surface area (Å²) >= 11 is 1.17. The monoisotopic (exact) mass is 300 g/mol. The van der Waals surface area contributed by atoms with Crippen molar-refractivity contribution in [2.75, 3.05) is 0 Å². The van der Waals surface area contributed by atoms with Crippen LogP contribution in [-0.4, -0.2) is 30.7 Å². The van der Waals surface area contributed by atoms with Crippen LogP contribution in [0.1, 0.15) is 24.2 Å². The fourth-order valence-corrected chi connectivity index (χ4v) is 4.24. The molecule has 2 rings (SSSR count). The van der Waals surface area contributed by atoms with Crippen LogP contribution < -0.4 is 4.72 Å². The number of rotatable bonds is 2. The number of amidine groups is 1. The summed E-state index contributed by atoms with van der Waals surface area (Å²) in [6, 6.07) is 3.98. The molecule has 0 aliphatic carbocycles. The molecule has 1 aliphatic heterocycles. The average molecular weight is 300 g/mol. The summed E-state index contributed by atoms with van der Waals surface area (Å²) in [7, 11) is -3.76. The van der Waals surface area contributed by atoms with E-state index in [1.807, 2.05) is 13.8 Å².